The first-order valence-corrected chi connectivity index (χ1v) is 10.9. The van der Waals surface area contributed by atoms with Gasteiger partial charge < -0.3 is 14.5 Å². The summed E-state index contributed by atoms with van der Waals surface area (Å²) in [5, 5.41) is 2.07. The molecule has 0 radical (unpaired) electrons. The van der Waals surface area contributed by atoms with Gasteiger partial charge in [-0.05, 0) is 42.0 Å². The summed E-state index contributed by atoms with van der Waals surface area (Å²) in [5.41, 5.74) is 2.22. The molecule has 2 heterocycles. The molecule has 154 valence electrons. The molecule has 0 unspecified atom stereocenters. The van der Waals surface area contributed by atoms with Crippen molar-refractivity contribution in [2.45, 2.75) is 32.7 Å². The van der Waals surface area contributed by atoms with Gasteiger partial charge in [-0.25, -0.2) is 0 Å². The second-order valence-corrected chi connectivity index (χ2v) is 8.15. The van der Waals surface area contributed by atoms with E-state index in [1.807, 2.05) is 36.1 Å². The van der Waals surface area contributed by atoms with Crippen molar-refractivity contribution in [2.24, 2.45) is 0 Å². The molecule has 29 heavy (non-hydrogen) atoms. The number of benzene rings is 1. The molecule has 1 atom stereocenters. The zero-order valence-electron chi connectivity index (χ0n) is 17.1. The maximum Gasteiger partial charge on any atom is 0.242 e. The number of thiophene rings is 1. The Morgan fingerprint density at radius 2 is 2.14 bits per heavy atom. The maximum absolute atomic E-state index is 13.2. The number of nitrogens with zero attached hydrogens (tertiary/aromatic N) is 2. The number of fused-ring (bicyclic) bond motifs is 1. The fraction of sp³-hybridized carbons (Fsp3) is 0.391. The third-order valence-electron chi connectivity index (χ3n) is 5.24. The van der Waals surface area contributed by atoms with Gasteiger partial charge in [0.2, 0.25) is 11.8 Å². The molecule has 0 saturated carbocycles. The minimum Gasteiger partial charge on any atom is -0.491 e. The normalized spacial score (nSPS) is 15.5. The lowest BCUT2D eigenvalue weighted by atomic mass is 10.0. The van der Waals surface area contributed by atoms with Gasteiger partial charge in [0.05, 0.1) is 6.04 Å². The molecule has 0 saturated heterocycles. The number of aryl methyl sites for hydroxylation is 1. The van der Waals surface area contributed by atoms with Gasteiger partial charge in [0.15, 0.2) is 0 Å². The molecule has 0 N–H and O–H groups in total. The molecule has 1 aliphatic rings. The van der Waals surface area contributed by atoms with E-state index in [4.69, 9.17) is 4.74 Å². The Morgan fingerprint density at radius 1 is 1.34 bits per heavy atom. The number of carbonyl (C=O) groups is 2. The van der Waals surface area contributed by atoms with Crippen LogP contribution < -0.4 is 4.74 Å². The Hall–Kier alpha value is -2.60. The molecule has 0 fully saturated rings. The summed E-state index contributed by atoms with van der Waals surface area (Å²) in [6, 6.07) is 9.83. The van der Waals surface area contributed by atoms with E-state index >= 15 is 0 Å². The molecule has 0 bridgehead atoms. The molecule has 1 aromatic carbocycles. The van der Waals surface area contributed by atoms with Gasteiger partial charge in [-0.15, -0.1) is 17.9 Å². The molecule has 2 amide bonds. The topological polar surface area (TPSA) is 49.9 Å². The van der Waals surface area contributed by atoms with Crippen molar-refractivity contribution in [1.29, 1.82) is 0 Å². The van der Waals surface area contributed by atoms with E-state index in [9.17, 15) is 9.59 Å². The van der Waals surface area contributed by atoms with Gasteiger partial charge in [0, 0.05) is 24.4 Å². The fourth-order valence-electron chi connectivity index (χ4n) is 3.65. The van der Waals surface area contributed by atoms with Crippen LogP contribution in [0.3, 0.4) is 0 Å². The van der Waals surface area contributed by atoms with Crippen molar-refractivity contribution in [3.63, 3.8) is 0 Å². The van der Waals surface area contributed by atoms with E-state index < -0.39 is 0 Å². The SMILES string of the molecule is C=CCN(CC(=O)N1CCc2sccc2[C@H]1COc1ccccc1C)C(=O)CC. The minimum atomic E-state index is -0.153. The van der Waals surface area contributed by atoms with Crippen LogP contribution in [0.5, 0.6) is 5.75 Å². The molecule has 6 heteroatoms. The van der Waals surface area contributed by atoms with E-state index in [0.717, 1.165) is 23.3 Å². The monoisotopic (exact) mass is 412 g/mol. The second-order valence-electron chi connectivity index (χ2n) is 7.15. The van der Waals surface area contributed by atoms with Gasteiger partial charge >= 0.3 is 0 Å². The van der Waals surface area contributed by atoms with E-state index in [2.05, 4.69) is 18.0 Å². The van der Waals surface area contributed by atoms with Gasteiger partial charge in [-0.1, -0.05) is 31.2 Å². The fourth-order valence-corrected chi connectivity index (χ4v) is 4.58. The summed E-state index contributed by atoms with van der Waals surface area (Å²) < 4.78 is 6.12. The first kappa shape index (κ1) is 21.1. The van der Waals surface area contributed by atoms with Crippen molar-refractivity contribution in [3.8, 4) is 5.75 Å². The number of ether oxygens (including phenoxy) is 1. The Kier molecular flexibility index (Phi) is 7.09. The summed E-state index contributed by atoms with van der Waals surface area (Å²) in [5.74, 6) is 0.736. The van der Waals surface area contributed by atoms with Crippen LogP contribution in [0, 0.1) is 6.92 Å². The van der Waals surface area contributed by atoms with Crippen LogP contribution in [0.15, 0.2) is 48.4 Å². The summed E-state index contributed by atoms with van der Waals surface area (Å²) in [7, 11) is 0. The second kappa shape index (κ2) is 9.74. The van der Waals surface area contributed by atoms with Gasteiger partial charge in [-0.3, -0.25) is 9.59 Å². The van der Waals surface area contributed by atoms with Crippen LogP contribution in [0.4, 0.5) is 0 Å². The van der Waals surface area contributed by atoms with E-state index in [0.29, 0.717) is 26.1 Å². The smallest absolute Gasteiger partial charge is 0.242 e. The largest absolute Gasteiger partial charge is 0.491 e. The number of hydrogen-bond acceptors (Lipinski definition) is 4. The highest BCUT2D eigenvalue weighted by Crippen LogP contribution is 2.34. The van der Waals surface area contributed by atoms with E-state index in [-0.39, 0.29) is 24.4 Å². The molecule has 3 rings (SSSR count). The Labute approximate surface area is 176 Å². The predicted molar refractivity (Wildman–Crippen MR) is 116 cm³/mol. The van der Waals surface area contributed by atoms with Crippen LogP contribution >= 0.6 is 11.3 Å². The van der Waals surface area contributed by atoms with E-state index in [1.54, 1.807) is 29.2 Å². The highest BCUT2D eigenvalue weighted by Gasteiger charge is 2.33. The standard InChI is InChI=1S/C23H28N2O3S/c1-4-12-24(22(26)5-2)15-23(27)25-13-10-21-18(11-14-29-21)19(25)16-28-20-9-7-6-8-17(20)3/h4,6-9,11,14,19H,1,5,10,12-13,15-16H2,2-3H3/t19-/m1/s1. The average molecular weight is 413 g/mol. The summed E-state index contributed by atoms with van der Waals surface area (Å²) in [6.45, 7) is 9.00. The zero-order valence-corrected chi connectivity index (χ0v) is 17.9. The molecule has 0 aliphatic carbocycles. The van der Waals surface area contributed by atoms with Gasteiger partial charge in [0.1, 0.15) is 18.9 Å². The lowest BCUT2D eigenvalue weighted by molar-refractivity contribution is -0.142. The Bertz CT molecular complexity index is 877. The number of hydrogen-bond donors (Lipinski definition) is 0. The molecule has 5 nitrogen and oxygen atoms in total. The highest BCUT2D eigenvalue weighted by atomic mass is 32.1. The Morgan fingerprint density at radius 3 is 2.86 bits per heavy atom. The number of para-hydroxylation sites is 1. The minimum absolute atomic E-state index is 0.0424. The third-order valence-corrected chi connectivity index (χ3v) is 6.23. The van der Waals surface area contributed by atoms with Crippen molar-refractivity contribution < 1.29 is 14.3 Å². The number of amides is 2. The average Bonchev–Trinajstić information content (AvgIpc) is 3.21. The van der Waals surface area contributed by atoms with Crippen LogP contribution in [0.2, 0.25) is 0 Å². The summed E-state index contributed by atoms with van der Waals surface area (Å²) in [4.78, 5) is 30.1. The Balaban J connectivity index is 1.78. The van der Waals surface area contributed by atoms with Crippen LogP contribution in [0.1, 0.15) is 35.4 Å². The first-order valence-electron chi connectivity index (χ1n) is 9.98. The van der Waals surface area contributed by atoms with Crippen molar-refractivity contribution in [1.82, 2.24) is 9.80 Å². The summed E-state index contributed by atoms with van der Waals surface area (Å²) in [6.07, 6.45) is 2.87. The number of rotatable bonds is 8. The zero-order chi connectivity index (χ0) is 20.8. The van der Waals surface area contributed by atoms with Crippen LogP contribution in [0.25, 0.3) is 0 Å². The highest BCUT2D eigenvalue weighted by molar-refractivity contribution is 7.10. The lowest BCUT2D eigenvalue weighted by Crippen LogP contribution is -2.47. The quantitative estimate of drug-likeness (QED) is 0.616. The molecular formula is C23H28N2O3S. The number of carbonyl (C=O) groups excluding carboxylic acids is 2. The lowest BCUT2D eigenvalue weighted by Gasteiger charge is -2.37. The molecular weight excluding hydrogens is 384 g/mol. The molecule has 0 spiro atoms. The van der Waals surface area contributed by atoms with E-state index in [1.165, 1.54) is 4.88 Å². The maximum atomic E-state index is 13.2. The predicted octanol–water partition coefficient (Wildman–Crippen LogP) is 3.99. The van der Waals surface area contributed by atoms with Crippen LogP contribution in [-0.4, -0.2) is 47.9 Å². The molecule has 2 aromatic rings. The summed E-state index contributed by atoms with van der Waals surface area (Å²) >= 11 is 1.73. The molecule has 1 aliphatic heterocycles. The third kappa shape index (κ3) is 4.88. The van der Waals surface area contributed by atoms with Gasteiger partial charge in [0.25, 0.3) is 0 Å². The van der Waals surface area contributed by atoms with Gasteiger partial charge in [-0.2, -0.15) is 0 Å². The van der Waals surface area contributed by atoms with Crippen molar-refractivity contribution in [3.05, 3.63) is 64.4 Å². The van der Waals surface area contributed by atoms with Crippen molar-refractivity contribution in [2.75, 3.05) is 26.2 Å². The van der Waals surface area contributed by atoms with Crippen LogP contribution in [-0.2, 0) is 16.0 Å². The molecule has 1 aromatic heterocycles. The van der Waals surface area contributed by atoms with Crippen molar-refractivity contribution >= 4 is 23.2 Å². The first-order chi connectivity index (χ1) is 14.0.